The maximum absolute atomic E-state index is 12.8. The number of rotatable bonds is 5. The van der Waals surface area contributed by atoms with E-state index in [9.17, 15) is 8.78 Å². The quantitative estimate of drug-likeness (QED) is 0.815. The summed E-state index contributed by atoms with van der Waals surface area (Å²) in [6.07, 6.45) is 0.984. The molecule has 0 aromatic heterocycles. The van der Waals surface area contributed by atoms with Crippen LogP contribution in [0.5, 0.6) is 0 Å². The predicted octanol–water partition coefficient (Wildman–Crippen LogP) is 3.23. The molecule has 0 spiro atoms. The van der Waals surface area contributed by atoms with Crippen LogP contribution in [0, 0.1) is 11.6 Å². The molecule has 0 fully saturated rings. The molecular formula is C11H14BrF2N. The normalized spacial score (nSPS) is 12.8. The number of alkyl halides is 1. The first-order valence-corrected chi connectivity index (χ1v) is 5.98. The largest absolute Gasteiger partial charge is 0.310 e. The van der Waals surface area contributed by atoms with E-state index in [4.69, 9.17) is 0 Å². The predicted molar refractivity (Wildman–Crippen MR) is 61.1 cm³/mol. The van der Waals surface area contributed by atoms with E-state index >= 15 is 0 Å². The fourth-order valence-electron chi connectivity index (χ4n) is 1.27. The Bertz CT molecular complexity index is 297. The molecule has 1 unspecified atom stereocenters. The van der Waals surface area contributed by atoms with Crippen LogP contribution < -0.4 is 5.32 Å². The van der Waals surface area contributed by atoms with Gasteiger partial charge in [0.05, 0.1) is 0 Å². The van der Waals surface area contributed by atoms with Crippen molar-refractivity contribution in [3.05, 3.63) is 35.4 Å². The van der Waals surface area contributed by atoms with Crippen LogP contribution in [0.2, 0.25) is 0 Å². The third kappa shape index (κ3) is 4.71. The number of nitrogens with one attached hydrogen (secondary N) is 1. The molecule has 1 rings (SSSR count). The molecule has 0 radical (unpaired) electrons. The summed E-state index contributed by atoms with van der Waals surface area (Å²) in [6.45, 7) is 2.53. The Morgan fingerprint density at radius 3 is 2.40 bits per heavy atom. The highest BCUT2D eigenvalue weighted by molar-refractivity contribution is 9.09. The smallest absolute Gasteiger partial charge is 0.126 e. The van der Waals surface area contributed by atoms with Gasteiger partial charge >= 0.3 is 0 Å². The second kappa shape index (κ2) is 6.18. The molecule has 1 N–H and O–H groups in total. The van der Waals surface area contributed by atoms with E-state index in [0.717, 1.165) is 17.8 Å². The minimum absolute atomic E-state index is 0.329. The van der Waals surface area contributed by atoms with E-state index in [1.54, 1.807) is 0 Å². The van der Waals surface area contributed by atoms with Gasteiger partial charge in [-0.2, -0.15) is 0 Å². The van der Waals surface area contributed by atoms with Gasteiger partial charge in [0.2, 0.25) is 0 Å². The first-order valence-electron chi connectivity index (χ1n) is 4.86. The van der Waals surface area contributed by atoms with E-state index in [2.05, 4.69) is 21.2 Å². The Hall–Kier alpha value is -0.480. The van der Waals surface area contributed by atoms with Gasteiger partial charge in [-0.25, -0.2) is 8.78 Å². The lowest BCUT2D eigenvalue weighted by molar-refractivity contribution is 0.530. The summed E-state index contributed by atoms with van der Waals surface area (Å²) < 4.78 is 25.7. The van der Waals surface area contributed by atoms with Crippen LogP contribution in [0.1, 0.15) is 18.9 Å². The summed E-state index contributed by atoms with van der Waals surface area (Å²) in [5.41, 5.74) is 0.633. The van der Waals surface area contributed by atoms with Crippen molar-refractivity contribution in [2.24, 2.45) is 0 Å². The lowest BCUT2D eigenvalue weighted by Crippen LogP contribution is -2.25. The minimum atomic E-state index is -0.528. The van der Waals surface area contributed by atoms with Gasteiger partial charge in [0.1, 0.15) is 11.6 Å². The van der Waals surface area contributed by atoms with Gasteiger partial charge in [0.15, 0.2) is 0 Å². The van der Waals surface area contributed by atoms with Crippen molar-refractivity contribution in [3.8, 4) is 0 Å². The number of hydrogen-bond donors (Lipinski definition) is 1. The molecule has 1 aromatic carbocycles. The highest BCUT2D eigenvalue weighted by Gasteiger charge is 2.03. The molecule has 0 bridgehead atoms. The van der Waals surface area contributed by atoms with Crippen LogP contribution in [0.4, 0.5) is 8.78 Å². The van der Waals surface area contributed by atoms with Crippen LogP contribution in [0.15, 0.2) is 18.2 Å². The monoisotopic (exact) mass is 277 g/mol. The van der Waals surface area contributed by atoms with Crippen molar-refractivity contribution in [1.29, 1.82) is 0 Å². The number of benzene rings is 1. The van der Waals surface area contributed by atoms with Gasteiger partial charge in [-0.1, -0.05) is 15.9 Å². The summed E-state index contributed by atoms with van der Waals surface area (Å²) in [5, 5.41) is 4.11. The molecule has 0 amide bonds. The SMILES string of the molecule is CC(CCBr)NCc1cc(F)cc(F)c1. The van der Waals surface area contributed by atoms with Crippen molar-refractivity contribution >= 4 is 15.9 Å². The first-order chi connectivity index (χ1) is 7.11. The number of halogens is 3. The standard InChI is InChI=1S/C11H14BrF2N/c1-8(2-3-12)15-7-9-4-10(13)6-11(14)5-9/h4-6,8,15H,2-3,7H2,1H3. The highest BCUT2D eigenvalue weighted by atomic mass is 79.9. The zero-order valence-corrected chi connectivity index (χ0v) is 10.2. The zero-order valence-electron chi connectivity index (χ0n) is 8.56. The van der Waals surface area contributed by atoms with Crippen LogP contribution in [-0.4, -0.2) is 11.4 Å². The number of hydrogen-bond acceptors (Lipinski definition) is 1. The molecule has 1 atom stereocenters. The molecule has 84 valence electrons. The molecule has 0 saturated heterocycles. The average molecular weight is 278 g/mol. The topological polar surface area (TPSA) is 12.0 Å². The fourth-order valence-corrected chi connectivity index (χ4v) is 1.96. The Labute approximate surface area is 97.0 Å². The van der Waals surface area contributed by atoms with Gasteiger partial charge in [0, 0.05) is 24.0 Å². The Morgan fingerprint density at radius 1 is 1.27 bits per heavy atom. The lowest BCUT2D eigenvalue weighted by atomic mass is 10.2. The van der Waals surface area contributed by atoms with E-state index in [1.165, 1.54) is 12.1 Å². The van der Waals surface area contributed by atoms with E-state index in [0.29, 0.717) is 18.2 Å². The highest BCUT2D eigenvalue weighted by Crippen LogP contribution is 2.08. The molecule has 4 heteroatoms. The molecule has 1 nitrogen and oxygen atoms in total. The van der Waals surface area contributed by atoms with Crippen molar-refractivity contribution < 1.29 is 8.78 Å². The summed E-state index contributed by atoms with van der Waals surface area (Å²) in [5.74, 6) is -1.06. The second-order valence-electron chi connectivity index (χ2n) is 3.54. The van der Waals surface area contributed by atoms with Gasteiger partial charge in [-0.15, -0.1) is 0 Å². The van der Waals surface area contributed by atoms with Crippen LogP contribution >= 0.6 is 15.9 Å². The maximum atomic E-state index is 12.8. The lowest BCUT2D eigenvalue weighted by Gasteiger charge is -2.12. The third-order valence-corrected chi connectivity index (χ3v) is 2.58. The molecule has 0 aliphatic rings. The molecular weight excluding hydrogens is 264 g/mol. The van der Waals surface area contributed by atoms with E-state index in [-0.39, 0.29) is 0 Å². The average Bonchev–Trinajstić information content (AvgIpc) is 2.14. The molecule has 0 saturated carbocycles. The van der Waals surface area contributed by atoms with Crippen LogP contribution in [0.3, 0.4) is 0 Å². The summed E-state index contributed by atoms with van der Waals surface area (Å²) in [6, 6.07) is 3.90. The van der Waals surface area contributed by atoms with Crippen molar-refractivity contribution in [3.63, 3.8) is 0 Å². The van der Waals surface area contributed by atoms with Crippen LogP contribution in [-0.2, 0) is 6.54 Å². The van der Waals surface area contributed by atoms with Crippen molar-refractivity contribution in [1.82, 2.24) is 5.32 Å². The van der Waals surface area contributed by atoms with Crippen LogP contribution in [0.25, 0.3) is 0 Å². The van der Waals surface area contributed by atoms with Gasteiger partial charge in [0.25, 0.3) is 0 Å². The second-order valence-corrected chi connectivity index (χ2v) is 4.33. The summed E-state index contributed by atoms with van der Waals surface area (Å²) in [7, 11) is 0. The summed E-state index contributed by atoms with van der Waals surface area (Å²) >= 11 is 3.34. The molecule has 0 aliphatic carbocycles. The minimum Gasteiger partial charge on any atom is -0.310 e. The maximum Gasteiger partial charge on any atom is 0.126 e. The summed E-state index contributed by atoms with van der Waals surface area (Å²) in [4.78, 5) is 0. The Kier molecular flexibility index (Phi) is 5.19. The first kappa shape index (κ1) is 12.6. The molecule has 1 aromatic rings. The van der Waals surface area contributed by atoms with Gasteiger partial charge < -0.3 is 5.32 Å². The molecule has 0 aliphatic heterocycles. The van der Waals surface area contributed by atoms with Crippen molar-refractivity contribution in [2.45, 2.75) is 25.9 Å². The van der Waals surface area contributed by atoms with Gasteiger partial charge in [-0.3, -0.25) is 0 Å². The molecule has 0 heterocycles. The zero-order chi connectivity index (χ0) is 11.3. The van der Waals surface area contributed by atoms with Gasteiger partial charge in [-0.05, 0) is 31.0 Å². The van der Waals surface area contributed by atoms with E-state index in [1.807, 2.05) is 6.92 Å². The third-order valence-electron chi connectivity index (χ3n) is 2.12. The Balaban J connectivity index is 2.50. The fraction of sp³-hybridized carbons (Fsp3) is 0.455. The molecule has 15 heavy (non-hydrogen) atoms. The van der Waals surface area contributed by atoms with Crippen molar-refractivity contribution in [2.75, 3.05) is 5.33 Å². The van der Waals surface area contributed by atoms with E-state index < -0.39 is 11.6 Å². The Morgan fingerprint density at radius 2 is 1.87 bits per heavy atom.